The molecule has 6 heteroatoms. The molecule has 18 heavy (non-hydrogen) atoms. The summed E-state index contributed by atoms with van der Waals surface area (Å²) >= 11 is 7.66. The van der Waals surface area contributed by atoms with Crippen molar-refractivity contribution in [3.63, 3.8) is 0 Å². The molecule has 0 saturated carbocycles. The van der Waals surface area contributed by atoms with Gasteiger partial charge in [-0.05, 0) is 37.0 Å². The summed E-state index contributed by atoms with van der Waals surface area (Å²) in [6, 6.07) is 4.93. The Morgan fingerprint density at radius 1 is 1.39 bits per heavy atom. The maximum absolute atomic E-state index is 10.9. The Balaban J connectivity index is 2.47. The van der Waals surface area contributed by atoms with Crippen LogP contribution in [0.3, 0.4) is 0 Å². The third-order valence-electron chi connectivity index (χ3n) is 2.51. The number of hydrogen-bond acceptors (Lipinski definition) is 4. The molecule has 0 atom stereocenters. The van der Waals surface area contributed by atoms with Crippen LogP contribution in [0.4, 0.5) is 11.4 Å². The highest BCUT2D eigenvalue weighted by atomic mass is 35.5. The van der Waals surface area contributed by atoms with Crippen LogP contribution in [0.1, 0.15) is 19.3 Å². The predicted octanol–water partition coefficient (Wildman–Crippen LogP) is 4.19. The molecule has 1 N–H and O–H groups in total. The van der Waals surface area contributed by atoms with Gasteiger partial charge in [-0.3, -0.25) is 10.1 Å². The quantitative estimate of drug-likeness (QED) is 0.443. The van der Waals surface area contributed by atoms with Crippen LogP contribution in [0.15, 0.2) is 18.2 Å². The van der Waals surface area contributed by atoms with Crippen molar-refractivity contribution in [2.24, 2.45) is 0 Å². The number of nitro groups is 1. The highest BCUT2D eigenvalue weighted by Gasteiger charge is 2.17. The molecule has 0 aliphatic carbocycles. The van der Waals surface area contributed by atoms with Gasteiger partial charge in [-0.25, -0.2) is 0 Å². The lowest BCUT2D eigenvalue weighted by atomic mass is 10.2. The van der Waals surface area contributed by atoms with Crippen LogP contribution in [0, 0.1) is 10.1 Å². The molecule has 1 aromatic rings. The minimum Gasteiger partial charge on any atom is -0.379 e. The van der Waals surface area contributed by atoms with Crippen LogP contribution in [-0.4, -0.2) is 23.5 Å². The van der Waals surface area contributed by atoms with Gasteiger partial charge in [-0.2, -0.15) is 11.8 Å². The summed E-state index contributed by atoms with van der Waals surface area (Å²) in [7, 11) is 0. The molecule has 0 heterocycles. The molecule has 0 radical (unpaired) electrons. The van der Waals surface area contributed by atoms with Gasteiger partial charge in [-0.1, -0.05) is 24.1 Å². The number of para-hydroxylation sites is 1. The van der Waals surface area contributed by atoms with E-state index in [0.29, 0.717) is 5.69 Å². The van der Waals surface area contributed by atoms with E-state index in [1.54, 1.807) is 12.1 Å². The van der Waals surface area contributed by atoms with Crippen molar-refractivity contribution >= 4 is 34.7 Å². The SMILES string of the molecule is CSCCCCCNc1cccc(Cl)c1[N+](=O)[O-]. The Bertz CT molecular complexity index is 402. The number of anilines is 1. The van der Waals surface area contributed by atoms with Gasteiger partial charge >= 0.3 is 5.69 Å². The van der Waals surface area contributed by atoms with Gasteiger partial charge in [0.05, 0.1) is 4.92 Å². The fourth-order valence-corrected chi connectivity index (χ4v) is 2.35. The lowest BCUT2D eigenvalue weighted by molar-refractivity contribution is -0.383. The van der Waals surface area contributed by atoms with Crippen molar-refractivity contribution in [2.75, 3.05) is 23.9 Å². The second-order valence-electron chi connectivity index (χ2n) is 3.87. The summed E-state index contributed by atoms with van der Waals surface area (Å²) < 4.78 is 0. The zero-order valence-electron chi connectivity index (χ0n) is 10.3. The lowest BCUT2D eigenvalue weighted by Crippen LogP contribution is -2.04. The molecule has 0 aromatic heterocycles. The Kier molecular flexibility index (Phi) is 6.90. The fourth-order valence-electron chi connectivity index (χ4n) is 1.61. The monoisotopic (exact) mass is 288 g/mol. The van der Waals surface area contributed by atoms with Crippen LogP contribution < -0.4 is 5.32 Å². The number of nitro benzene ring substituents is 1. The van der Waals surface area contributed by atoms with E-state index in [4.69, 9.17) is 11.6 Å². The first-order chi connectivity index (χ1) is 8.66. The molecule has 0 aliphatic heterocycles. The van der Waals surface area contributed by atoms with E-state index >= 15 is 0 Å². The number of nitrogens with zero attached hydrogens (tertiary/aromatic N) is 1. The number of hydrogen-bond donors (Lipinski definition) is 1. The molecule has 100 valence electrons. The first-order valence-corrected chi connectivity index (χ1v) is 7.59. The third kappa shape index (κ3) is 4.74. The summed E-state index contributed by atoms with van der Waals surface area (Å²) in [5.41, 5.74) is 0.459. The Morgan fingerprint density at radius 3 is 2.83 bits per heavy atom. The number of halogens is 1. The Hall–Kier alpha value is -0.940. The number of rotatable bonds is 8. The summed E-state index contributed by atoms with van der Waals surface area (Å²) in [6.07, 6.45) is 5.40. The van der Waals surface area contributed by atoms with Gasteiger partial charge in [0.25, 0.3) is 0 Å². The number of benzene rings is 1. The van der Waals surface area contributed by atoms with Gasteiger partial charge in [0, 0.05) is 6.54 Å². The lowest BCUT2D eigenvalue weighted by Gasteiger charge is -2.07. The van der Waals surface area contributed by atoms with Crippen molar-refractivity contribution in [3.05, 3.63) is 33.3 Å². The Labute approximate surface area is 116 Å². The van der Waals surface area contributed by atoms with Crippen LogP contribution >= 0.6 is 23.4 Å². The van der Waals surface area contributed by atoms with Gasteiger partial charge in [-0.15, -0.1) is 0 Å². The standard InChI is InChI=1S/C12H17ClN2O2S/c1-18-9-4-2-3-8-14-11-7-5-6-10(13)12(11)15(16)17/h5-7,14H,2-4,8-9H2,1H3. The molecule has 4 nitrogen and oxygen atoms in total. The van der Waals surface area contributed by atoms with E-state index in [1.165, 1.54) is 12.5 Å². The molecule has 0 spiro atoms. The minimum atomic E-state index is -0.446. The third-order valence-corrected chi connectivity index (χ3v) is 3.51. The van der Waals surface area contributed by atoms with Crippen molar-refractivity contribution < 1.29 is 4.92 Å². The zero-order valence-corrected chi connectivity index (χ0v) is 11.9. The molecule has 1 aromatic carbocycles. The van der Waals surface area contributed by atoms with E-state index < -0.39 is 4.92 Å². The smallest absolute Gasteiger partial charge is 0.310 e. The maximum Gasteiger partial charge on any atom is 0.310 e. The maximum atomic E-state index is 10.9. The van der Waals surface area contributed by atoms with Crippen LogP contribution in [-0.2, 0) is 0 Å². The van der Waals surface area contributed by atoms with E-state index in [0.717, 1.165) is 25.1 Å². The van der Waals surface area contributed by atoms with E-state index in [1.807, 2.05) is 11.8 Å². The van der Waals surface area contributed by atoms with Crippen LogP contribution in [0.2, 0.25) is 5.02 Å². The minimum absolute atomic E-state index is 0.0386. The first-order valence-electron chi connectivity index (χ1n) is 5.82. The van der Waals surface area contributed by atoms with Gasteiger partial charge in [0.2, 0.25) is 0 Å². The molecule has 0 amide bonds. The van der Waals surface area contributed by atoms with E-state index in [2.05, 4.69) is 11.6 Å². The van der Waals surface area contributed by atoms with Crippen molar-refractivity contribution in [1.82, 2.24) is 0 Å². The molecule has 0 fully saturated rings. The van der Waals surface area contributed by atoms with Crippen LogP contribution in [0.5, 0.6) is 0 Å². The highest BCUT2D eigenvalue weighted by Crippen LogP contribution is 2.32. The van der Waals surface area contributed by atoms with Crippen molar-refractivity contribution in [2.45, 2.75) is 19.3 Å². The molecular formula is C12H17ClN2O2S. The topological polar surface area (TPSA) is 55.2 Å². The fraction of sp³-hybridized carbons (Fsp3) is 0.500. The first kappa shape index (κ1) is 15.1. The summed E-state index contributed by atoms with van der Waals surface area (Å²) in [4.78, 5) is 10.4. The number of unbranched alkanes of at least 4 members (excludes halogenated alkanes) is 2. The molecule has 1 rings (SSSR count). The largest absolute Gasteiger partial charge is 0.379 e. The summed E-state index contributed by atoms with van der Waals surface area (Å²) in [5, 5.41) is 14.1. The van der Waals surface area contributed by atoms with Gasteiger partial charge in [0.15, 0.2) is 0 Å². The molecule has 0 unspecified atom stereocenters. The van der Waals surface area contributed by atoms with Crippen molar-refractivity contribution in [1.29, 1.82) is 0 Å². The molecule has 0 bridgehead atoms. The van der Waals surface area contributed by atoms with Crippen LogP contribution in [0.25, 0.3) is 0 Å². The number of thioether (sulfide) groups is 1. The predicted molar refractivity (Wildman–Crippen MR) is 78.8 cm³/mol. The second kappa shape index (κ2) is 8.21. The second-order valence-corrected chi connectivity index (χ2v) is 5.27. The van der Waals surface area contributed by atoms with E-state index in [9.17, 15) is 10.1 Å². The molecular weight excluding hydrogens is 272 g/mol. The Morgan fingerprint density at radius 2 is 2.17 bits per heavy atom. The average Bonchev–Trinajstić information content (AvgIpc) is 2.33. The highest BCUT2D eigenvalue weighted by molar-refractivity contribution is 7.98. The van der Waals surface area contributed by atoms with E-state index in [-0.39, 0.29) is 10.7 Å². The van der Waals surface area contributed by atoms with Gasteiger partial charge < -0.3 is 5.32 Å². The number of nitrogens with one attached hydrogen (secondary N) is 1. The molecule has 0 saturated heterocycles. The van der Waals surface area contributed by atoms with Crippen molar-refractivity contribution in [3.8, 4) is 0 Å². The van der Waals surface area contributed by atoms with Gasteiger partial charge in [0.1, 0.15) is 10.7 Å². The molecule has 0 aliphatic rings. The average molecular weight is 289 g/mol. The summed E-state index contributed by atoms with van der Waals surface area (Å²) in [6.45, 7) is 0.732. The summed E-state index contributed by atoms with van der Waals surface area (Å²) in [5.74, 6) is 1.16. The zero-order chi connectivity index (χ0) is 13.4. The normalized spacial score (nSPS) is 10.3.